The predicted octanol–water partition coefficient (Wildman–Crippen LogP) is 3.63. The average molecular weight is 421 g/mol. The summed E-state index contributed by atoms with van der Waals surface area (Å²) in [6.07, 6.45) is 6.34. The molecule has 0 atom stereocenters. The summed E-state index contributed by atoms with van der Waals surface area (Å²) in [5.74, 6) is 1.26. The molecule has 2 aromatic rings. The molecule has 1 N–H and O–H groups in total. The highest BCUT2D eigenvalue weighted by Crippen LogP contribution is 2.40. The van der Waals surface area contributed by atoms with Gasteiger partial charge in [-0.15, -0.1) is 21.5 Å². The Labute approximate surface area is 172 Å². The molecule has 9 heteroatoms. The molecule has 28 heavy (non-hydrogen) atoms. The summed E-state index contributed by atoms with van der Waals surface area (Å²) >= 11 is 2.89. The number of aromatic nitrogens is 3. The van der Waals surface area contributed by atoms with Gasteiger partial charge in [0, 0.05) is 17.3 Å². The van der Waals surface area contributed by atoms with Crippen LogP contribution in [0.1, 0.15) is 65.1 Å². The van der Waals surface area contributed by atoms with E-state index in [2.05, 4.69) is 27.0 Å². The van der Waals surface area contributed by atoms with Crippen molar-refractivity contribution >= 4 is 40.0 Å². The van der Waals surface area contributed by atoms with E-state index in [0.29, 0.717) is 16.5 Å². The molecule has 0 saturated heterocycles. The van der Waals surface area contributed by atoms with E-state index >= 15 is 0 Å². The van der Waals surface area contributed by atoms with Gasteiger partial charge in [-0.05, 0) is 51.0 Å². The number of methoxy groups -OCH3 is 1. The minimum atomic E-state index is -0.373. The topological polar surface area (TPSA) is 86.1 Å². The summed E-state index contributed by atoms with van der Waals surface area (Å²) in [5, 5.41) is 12.9. The molecule has 0 unspecified atom stereocenters. The summed E-state index contributed by atoms with van der Waals surface area (Å²) in [4.78, 5) is 26.1. The molecule has 2 aliphatic rings. The second-order valence-corrected chi connectivity index (χ2v) is 9.15. The average Bonchev–Trinajstić information content (AvgIpc) is 3.36. The maximum Gasteiger partial charge on any atom is 0.341 e. The molecule has 2 heterocycles. The number of ether oxygens (including phenoxy) is 1. The first-order valence-corrected chi connectivity index (χ1v) is 11.5. The van der Waals surface area contributed by atoms with Gasteiger partial charge in [0.15, 0.2) is 5.16 Å². The van der Waals surface area contributed by atoms with Crippen LogP contribution in [-0.4, -0.2) is 39.5 Å². The fraction of sp³-hybridized carbons (Fsp3) is 0.579. The van der Waals surface area contributed by atoms with Crippen molar-refractivity contribution in [2.75, 3.05) is 18.2 Å². The predicted molar refractivity (Wildman–Crippen MR) is 109 cm³/mol. The number of amides is 1. The Morgan fingerprint density at radius 1 is 1.29 bits per heavy atom. The number of hydrogen-bond acceptors (Lipinski definition) is 7. The Bertz CT molecular complexity index is 901. The van der Waals surface area contributed by atoms with Crippen LogP contribution >= 0.6 is 23.1 Å². The second kappa shape index (κ2) is 8.24. The van der Waals surface area contributed by atoms with E-state index < -0.39 is 0 Å². The van der Waals surface area contributed by atoms with Crippen molar-refractivity contribution in [2.24, 2.45) is 0 Å². The molecule has 150 valence electrons. The summed E-state index contributed by atoms with van der Waals surface area (Å²) < 4.78 is 7.06. The third-order valence-electron chi connectivity index (χ3n) is 5.15. The van der Waals surface area contributed by atoms with Crippen LogP contribution in [0.5, 0.6) is 0 Å². The van der Waals surface area contributed by atoms with Crippen molar-refractivity contribution in [1.82, 2.24) is 14.8 Å². The van der Waals surface area contributed by atoms with Crippen molar-refractivity contribution in [3.05, 3.63) is 21.8 Å². The first kappa shape index (κ1) is 19.4. The van der Waals surface area contributed by atoms with E-state index in [4.69, 9.17) is 4.74 Å². The number of hydrogen-bond donors (Lipinski definition) is 1. The molecule has 0 spiro atoms. The van der Waals surface area contributed by atoms with Crippen molar-refractivity contribution in [1.29, 1.82) is 0 Å². The van der Waals surface area contributed by atoms with Crippen LogP contribution in [-0.2, 0) is 28.9 Å². The molecule has 1 fully saturated rings. The fourth-order valence-corrected chi connectivity index (χ4v) is 5.72. The number of thiophene rings is 1. The molecule has 0 radical (unpaired) electrons. The lowest BCUT2D eigenvalue weighted by molar-refractivity contribution is -0.113. The highest BCUT2D eigenvalue weighted by atomic mass is 32.2. The van der Waals surface area contributed by atoms with Gasteiger partial charge in [0.2, 0.25) is 5.91 Å². The standard InChI is InChI=1S/C19H24N4O3S2/c1-3-23-16(11-8-9-11)21-22-19(23)27-10-14(24)20-17-15(18(25)26-2)12-6-4-5-7-13(12)28-17/h11H,3-10H2,1-2H3,(H,20,24). The Kier molecular flexibility index (Phi) is 5.73. The molecule has 1 amide bonds. The molecule has 0 bridgehead atoms. The number of anilines is 1. The number of rotatable bonds is 7. The number of carbonyl (C=O) groups is 2. The van der Waals surface area contributed by atoms with Gasteiger partial charge in [0.05, 0.1) is 18.4 Å². The fourth-order valence-electron chi connectivity index (χ4n) is 3.61. The number of nitrogens with one attached hydrogen (secondary N) is 1. The minimum Gasteiger partial charge on any atom is -0.465 e. The van der Waals surface area contributed by atoms with Crippen LogP contribution in [0, 0.1) is 0 Å². The molecule has 7 nitrogen and oxygen atoms in total. The van der Waals surface area contributed by atoms with E-state index in [1.54, 1.807) is 0 Å². The first-order valence-electron chi connectivity index (χ1n) is 9.71. The van der Waals surface area contributed by atoms with Gasteiger partial charge in [-0.1, -0.05) is 11.8 Å². The molecule has 4 rings (SSSR count). The highest BCUT2D eigenvalue weighted by Gasteiger charge is 2.30. The van der Waals surface area contributed by atoms with Gasteiger partial charge in [-0.25, -0.2) is 4.79 Å². The van der Waals surface area contributed by atoms with E-state index in [1.165, 1.54) is 47.9 Å². The van der Waals surface area contributed by atoms with Crippen LogP contribution in [0.25, 0.3) is 0 Å². The highest BCUT2D eigenvalue weighted by molar-refractivity contribution is 7.99. The van der Waals surface area contributed by atoms with Gasteiger partial charge >= 0.3 is 5.97 Å². The van der Waals surface area contributed by atoms with Crippen LogP contribution < -0.4 is 5.32 Å². The summed E-state index contributed by atoms with van der Waals surface area (Å²) in [5.41, 5.74) is 1.58. The van der Waals surface area contributed by atoms with E-state index in [9.17, 15) is 9.59 Å². The first-order chi connectivity index (χ1) is 13.6. The van der Waals surface area contributed by atoms with E-state index in [-0.39, 0.29) is 17.6 Å². The summed E-state index contributed by atoms with van der Waals surface area (Å²) in [7, 11) is 1.38. The Morgan fingerprint density at radius 2 is 2.07 bits per heavy atom. The normalized spacial score (nSPS) is 15.9. The lowest BCUT2D eigenvalue weighted by Crippen LogP contribution is -2.17. The third kappa shape index (κ3) is 3.82. The molecule has 0 aliphatic heterocycles. The Hall–Kier alpha value is -1.87. The number of aryl methyl sites for hydroxylation is 1. The van der Waals surface area contributed by atoms with Gasteiger partial charge in [0.25, 0.3) is 0 Å². The molecular formula is C19H24N4O3S2. The van der Waals surface area contributed by atoms with Gasteiger partial charge < -0.3 is 14.6 Å². The van der Waals surface area contributed by atoms with Crippen LogP contribution in [0.3, 0.4) is 0 Å². The van der Waals surface area contributed by atoms with Crippen molar-refractivity contribution in [2.45, 2.75) is 63.1 Å². The van der Waals surface area contributed by atoms with E-state index in [0.717, 1.165) is 48.8 Å². The Balaban J connectivity index is 1.46. The smallest absolute Gasteiger partial charge is 0.341 e. The summed E-state index contributed by atoms with van der Waals surface area (Å²) in [6, 6.07) is 0. The lowest BCUT2D eigenvalue weighted by atomic mass is 9.95. The van der Waals surface area contributed by atoms with Crippen molar-refractivity contribution in [3.63, 3.8) is 0 Å². The zero-order chi connectivity index (χ0) is 19.7. The zero-order valence-corrected chi connectivity index (χ0v) is 17.8. The van der Waals surface area contributed by atoms with Crippen LogP contribution in [0.2, 0.25) is 0 Å². The Morgan fingerprint density at radius 3 is 2.79 bits per heavy atom. The molecule has 2 aliphatic carbocycles. The number of fused-ring (bicyclic) bond motifs is 1. The number of thioether (sulfide) groups is 1. The number of nitrogens with zero attached hydrogens (tertiary/aromatic N) is 3. The van der Waals surface area contributed by atoms with Gasteiger partial charge in [-0.2, -0.15) is 0 Å². The van der Waals surface area contributed by atoms with E-state index in [1.807, 2.05) is 0 Å². The van der Waals surface area contributed by atoms with Crippen molar-refractivity contribution in [3.8, 4) is 0 Å². The van der Waals surface area contributed by atoms with Crippen LogP contribution in [0.15, 0.2) is 5.16 Å². The quantitative estimate of drug-likeness (QED) is 0.544. The van der Waals surface area contributed by atoms with Gasteiger partial charge in [-0.3, -0.25) is 4.79 Å². The minimum absolute atomic E-state index is 0.146. The van der Waals surface area contributed by atoms with Crippen molar-refractivity contribution < 1.29 is 14.3 Å². The summed E-state index contributed by atoms with van der Waals surface area (Å²) in [6.45, 7) is 2.87. The third-order valence-corrected chi connectivity index (χ3v) is 7.32. The monoisotopic (exact) mass is 420 g/mol. The lowest BCUT2D eigenvalue weighted by Gasteiger charge is -2.11. The number of esters is 1. The molecule has 2 aromatic heterocycles. The number of carbonyl (C=O) groups excluding carboxylic acids is 2. The molecular weight excluding hydrogens is 396 g/mol. The maximum atomic E-state index is 12.6. The second-order valence-electron chi connectivity index (χ2n) is 7.10. The molecule has 1 saturated carbocycles. The maximum absolute atomic E-state index is 12.6. The van der Waals surface area contributed by atoms with Gasteiger partial charge in [0.1, 0.15) is 10.8 Å². The van der Waals surface area contributed by atoms with Crippen LogP contribution in [0.4, 0.5) is 5.00 Å². The SMILES string of the molecule is CCn1c(SCC(=O)Nc2sc3c(c2C(=O)OC)CCCC3)nnc1C1CC1. The zero-order valence-electron chi connectivity index (χ0n) is 16.1. The largest absolute Gasteiger partial charge is 0.465 e. The molecule has 0 aromatic carbocycles.